The summed E-state index contributed by atoms with van der Waals surface area (Å²) in [4.78, 5) is 21.9. The van der Waals surface area contributed by atoms with Crippen LogP contribution in [0.3, 0.4) is 0 Å². The van der Waals surface area contributed by atoms with Crippen molar-refractivity contribution in [2.45, 2.75) is 45.5 Å². The lowest BCUT2D eigenvalue weighted by atomic mass is 9.98. The third-order valence-electron chi connectivity index (χ3n) is 6.41. The maximum atomic E-state index is 13.5. The maximum absolute atomic E-state index is 13.5. The van der Waals surface area contributed by atoms with Crippen LogP contribution < -0.4 is 15.1 Å². The molecule has 5 nitrogen and oxygen atoms in total. The summed E-state index contributed by atoms with van der Waals surface area (Å²) in [6.07, 6.45) is 1.66. The number of carbonyl (C=O) groups excluding carboxylic acids is 1. The number of rotatable bonds is 4. The van der Waals surface area contributed by atoms with Crippen LogP contribution in [0.4, 0.5) is 26.1 Å². The van der Waals surface area contributed by atoms with Gasteiger partial charge in [0.15, 0.2) is 0 Å². The molecule has 1 aromatic heterocycles. The predicted octanol–water partition coefficient (Wildman–Crippen LogP) is 6.11. The Kier molecular flexibility index (Phi) is 7.21. The molecule has 2 saturated heterocycles. The average molecular weight is 566 g/mol. The molecule has 3 heterocycles. The minimum atomic E-state index is -2.61. The van der Waals surface area contributed by atoms with Crippen molar-refractivity contribution in [3.05, 3.63) is 56.7 Å². The zero-order valence-corrected chi connectivity index (χ0v) is 21.2. The van der Waals surface area contributed by atoms with Crippen LogP contribution in [0.1, 0.15) is 49.9 Å². The van der Waals surface area contributed by atoms with Gasteiger partial charge in [-0.15, -0.1) is 0 Å². The van der Waals surface area contributed by atoms with Gasteiger partial charge in [0.05, 0.1) is 11.3 Å². The highest BCUT2D eigenvalue weighted by Crippen LogP contribution is 2.31. The van der Waals surface area contributed by atoms with Crippen LogP contribution in [0.5, 0.6) is 0 Å². The van der Waals surface area contributed by atoms with E-state index in [2.05, 4.69) is 57.7 Å². The average Bonchev–Trinajstić information content (AvgIpc) is 2.79. The number of nitrogens with zero attached hydrogens (tertiary/aromatic N) is 3. The van der Waals surface area contributed by atoms with Crippen molar-refractivity contribution in [2.24, 2.45) is 0 Å². The number of carbonyl (C=O) groups is 1. The van der Waals surface area contributed by atoms with Gasteiger partial charge in [0.25, 0.3) is 11.8 Å². The van der Waals surface area contributed by atoms with Crippen molar-refractivity contribution < 1.29 is 13.6 Å². The Bertz CT molecular complexity index is 1050. The van der Waals surface area contributed by atoms with Gasteiger partial charge >= 0.3 is 0 Å². The van der Waals surface area contributed by atoms with Crippen molar-refractivity contribution in [2.75, 3.05) is 41.3 Å². The summed E-state index contributed by atoms with van der Waals surface area (Å²) in [6.45, 7) is 6.59. The Morgan fingerprint density at radius 3 is 2.39 bits per heavy atom. The van der Waals surface area contributed by atoms with E-state index < -0.39 is 5.92 Å². The Morgan fingerprint density at radius 1 is 1.03 bits per heavy atom. The third-order valence-corrected chi connectivity index (χ3v) is 7.09. The molecule has 1 N–H and O–H groups in total. The predicted molar refractivity (Wildman–Crippen MR) is 138 cm³/mol. The van der Waals surface area contributed by atoms with E-state index in [1.54, 1.807) is 18.2 Å². The van der Waals surface area contributed by atoms with Gasteiger partial charge in [0, 0.05) is 42.6 Å². The van der Waals surface area contributed by atoms with Gasteiger partial charge in [-0.2, -0.15) is 0 Å². The molecule has 2 fully saturated rings. The highest BCUT2D eigenvalue weighted by molar-refractivity contribution is 14.1. The molecule has 2 aromatic rings. The van der Waals surface area contributed by atoms with E-state index >= 15 is 0 Å². The molecule has 0 atom stereocenters. The third kappa shape index (κ3) is 5.83. The lowest BCUT2D eigenvalue weighted by Crippen LogP contribution is -2.39. The Balaban J connectivity index is 1.50. The largest absolute Gasteiger partial charge is 0.370 e. The van der Waals surface area contributed by atoms with E-state index in [0.717, 1.165) is 35.2 Å². The summed E-state index contributed by atoms with van der Waals surface area (Å²) in [6, 6.07) is 11.2. The van der Waals surface area contributed by atoms with Crippen LogP contribution in [-0.2, 0) is 0 Å². The molecule has 1 aromatic carbocycles. The molecule has 176 valence electrons. The Labute approximate surface area is 207 Å². The molecule has 2 aliphatic heterocycles. The quantitative estimate of drug-likeness (QED) is 0.359. The standard InChI is InChI=1S/C25H29F2IN4O/c1-17(2)18-8-12-31(13-9-18)21-16-19(28)6-7-20(21)24(33)30-22-4-3-5-23(29-22)32-14-10-25(26,27)11-15-32/h3-7,16H,8-15H2,1-2H3,(H,29,30,33). The fourth-order valence-electron chi connectivity index (χ4n) is 4.39. The first-order chi connectivity index (χ1) is 15.7. The summed E-state index contributed by atoms with van der Waals surface area (Å²) < 4.78 is 28.1. The van der Waals surface area contributed by atoms with Gasteiger partial charge < -0.3 is 15.1 Å². The lowest BCUT2D eigenvalue weighted by molar-refractivity contribution is -0.0221. The van der Waals surface area contributed by atoms with Gasteiger partial charge in [-0.25, -0.2) is 13.8 Å². The number of amides is 1. The molecule has 0 radical (unpaired) electrons. The molecular weight excluding hydrogens is 537 g/mol. The molecule has 0 aliphatic carbocycles. The van der Waals surface area contributed by atoms with Crippen molar-refractivity contribution in [3.8, 4) is 0 Å². The second kappa shape index (κ2) is 9.95. The number of nitrogens with one attached hydrogen (secondary N) is 1. The van der Waals surface area contributed by atoms with Crippen molar-refractivity contribution in [1.29, 1.82) is 0 Å². The number of alkyl halides is 2. The number of halogens is 3. The van der Waals surface area contributed by atoms with Crippen LogP contribution in [-0.4, -0.2) is 43.0 Å². The summed E-state index contributed by atoms with van der Waals surface area (Å²) in [5.41, 5.74) is 4.43. The van der Waals surface area contributed by atoms with Crippen molar-refractivity contribution in [1.82, 2.24) is 4.98 Å². The number of anilines is 3. The first kappa shape index (κ1) is 23.9. The fourth-order valence-corrected chi connectivity index (χ4v) is 4.87. The van der Waals surface area contributed by atoms with Gasteiger partial charge in [-0.05, 0) is 79.6 Å². The normalized spacial score (nSPS) is 18.3. The monoisotopic (exact) mass is 566 g/mol. The first-order valence-electron chi connectivity index (χ1n) is 11.3. The molecule has 0 spiro atoms. The van der Waals surface area contributed by atoms with Gasteiger partial charge in [-0.1, -0.05) is 17.2 Å². The molecular formula is C25H29F2IN4O. The highest BCUT2D eigenvalue weighted by Gasteiger charge is 2.34. The molecule has 0 bridgehead atoms. The number of allylic oxidation sites excluding steroid dienone is 1. The van der Waals surface area contributed by atoms with E-state index in [9.17, 15) is 13.6 Å². The Morgan fingerprint density at radius 2 is 1.73 bits per heavy atom. The summed E-state index contributed by atoms with van der Waals surface area (Å²) in [5.74, 6) is -1.80. The lowest BCUT2D eigenvalue weighted by Gasteiger charge is -2.33. The number of benzene rings is 1. The first-order valence-corrected chi connectivity index (χ1v) is 12.4. The number of aromatic nitrogens is 1. The molecule has 0 unspecified atom stereocenters. The Hall–Kier alpha value is -2.23. The smallest absolute Gasteiger partial charge is 0.258 e. The van der Waals surface area contributed by atoms with Crippen molar-refractivity contribution >= 4 is 45.8 Å². The number of hydrogen-bond donors (Lipinski definition) is 1. The van der Waals surface area contributed by atoms with Gasteiger partial charge in [0.1, 0.15) is 11.6 Å². The molecule has 2 aliphatic rings. The van der Waals surface area contributed by atoms with Crippen LogP contribution in [0.15, 0.2) is 47.5 Å². The summed E-state index contributed by atoms with van der Waals surface area (Å²) in [5, 5.41) is 2.92. The second-order valence-electron chi connectivity index (χ2n) is 8.93. The van der Waals surface area contributed by atoms with Gasteiger partial charge in [-0.3, -0.25) is 4.79 Å². The highest BCUT2D eigenvalue weighted by atomic mass is 127. The zero-order chi connectivity index (χ0) is 23.6. The van der Waals surface area contributed by atoms with E-state index in [1.165, 1.54) is 11.1 Å². The molecule has 0 saturated carbocycles. The zero-order valence-electron chi connectivity index (χ0n) is 19.0. The van der Waals surface area contributed by atoms with E-state index in [4.69, 9.17) is 0 Å². The fraction of sp³-hybridized carbons (Fsp3) is 0.440. The van der Waals surface area contributed by atoms with Crippen molar-refractivity contribution in [3.63, 3.8) is 0 Å². The molecule has 4 rings (SSSR count). The number of hydrogen-bond acceptors (Lipinski definition) is 4. The second-order valence-corrected chi connectivity index (χ2v) is 10.2. The summed E-state index contributed by atoms with van der Waals surface area (Å²) in [7, 11) is 0. The minimum absolute atomic E-state index is 0.179. The molecule has 8 heteroatoms. The SMILES string of the molecule is CC(C)=C1CCN(c2cc(I)ccc2C(=O)Nc2cccc(N3CCC(F)(F)CC3)n2)CC1. The van der Waals surface area contributed by atoms with Crippen LogP contribution in [0.25, 0.3) is 0 Å². The molecule has 1 amide bonds. The topological polar surface area (TPSA) is 48.5 Å². The minimum Gasteiger partial charge on any atom is -0.370 e. The van der Waals surface area contributed by atoms with E-state index in [1.807, 2.05) is 17.0 Å². The maximum Gasteiger partial charge on any atom is 0.258 e. The van der Waals surface area contributed by atoms with E-state index in [0.29, 0.717) is 17.2 Å². The summed E-state index contributed by atoms with van der Waals surface area (Å²) >= 11 is 2.27. The van der Waals surface area contributed by atoms with E-state index in [-0.39, 0.29) is 31.8 Å². The van der Waals surface area contributed by atoms with Crippen LogP contribution in [0, 0.1) is 3.57 Å². The number of pyridine rings is 1. The molecule has 33 heavy (non-hydrogen) atoms. The van der Waals surface area contributed by atoms with Gasteiger partial charge in [0.2, 0.25) is 0 Å². The van der Waals surface area contributed by atoms with Crippen LogP contribution in [0.2, 0.25) is 0 Å². The van der Waals surface area contributed by atoms with Crippen LogP contribution >= 0.6 is 22.6 Å². The number of piperidine rings is 2.